The number of hydrogen-bond acceptors (Lipinski definition) is 3. The van der Waals surface area contributed by atoms with Crippen molar-refractivity contribution in [3.05, 3.63) is 64.7 Å². The zero-order chi connectivity index (χ0) is 15.2. The summed E-state index contributed by atoms with van der Waals surface area (Å²) in [7, 11) is 0. The van der Waals surface area contributed by atoms with E-state index in [1.165, 1.54) is 13.0 Å². The Morgan fingerprint density at radius 1 is 1.10 bits per heavy atom. The minimum atomic E-state index is -0.284. The molecular formula is C17H15ClO3. The highest BCUT2D eigenvalue weighted by atomic mass is 35.5. The Labute approximate surface area is 128 Å². The minimum Gasteiger partial charge on any atom is -0.488 e. The Bertz CT molecular complexity index is 650. The quantitative estimate of drug-likeness (QED) is 0.596. The van der Waals surface area contributed by atoms with E-state index >= 15 is 0 Å². The zero-order valence-electron chi connectivity index (χ0n) is 11.6. The smallest absolute Gasteiger partial charge is 0.173 e. The Morgan fingerprint density at radius 3 is 2.48 bits per heavy atom. The van der Waals surface area contributed by atoms with Crippen molar-refractivity contribution in [1.82, 2.24) is 0 Å². The molecule has 3 nitrogen and oxygen atoms in total. The van der Waals surface area contributed by atoms with Crippen LogP contribution in [0.25, 0.3) is 0 Å². The monoisotopic (exact) mass is 302 g/mol. The fraction of sp³-hybridized carbons (Fsp3) is 0.176. The summed E-state index contributed by atoms with van der Waals surface area (Å²) < 4.78 is 5.69. The van der Waals surface area contributed by atoms with Gasteiger partial charge >= 0.3 is 0 Å². The predicted molar refractivity (Wildman–Crippen MR) is 81.9 cm³/mol. The van der Waals surface area contributed by atoms with Gasteiger partial charge in [0, 0.05) is 5.02 Å². The van der Waals surface area contributed by atoms with E-state index in [4.69, 9.17) is 16.3 Å². The van der Waals surface area contributed by atoms with Gasteiger partial charge in [-0.05, 0) is 30.7 Å². The van der Waals surface area contributed by atoms with Crippen LogP contribution in [0, 0.1) is 0 Å². The summed E-state index contributed by atoms with van der Waals surface area (Å²) in [5.74, 6) is -0.0310. The summed E-state index contributed by atoms with van der Waals surface area (Å²) in [6.45, 7) is 1.73. The van der Waals surface area contributed by atoms with Crippen LogP contribution in [0.1, 0.15) is 29.3 Å². The Hall–Kier alpha value is -2.13. The lowest BCUT2D eigenvalue weighted by atomic mass is 10.1. The van der Waals surface area contributed by atoms with Gasteiger partial charge < -0.3 is 4.74 Å². The predicted octanol–water partition coefficient (Wildman–Crippen LogP) is 4.08. The molecule has 2 aromatic carbocycles. The number of benzene rings is 2. The molecule has 0 aliphatic carbocycles. The summed E-state index contributed by atoms with van der Waals surface area (Å²) in [6, 6.07) is 14.5. The van der Waals surface area contributed by atoms with E-state index in [1.54, 1.807) is 12.1 Å². The normalized spacial score (nSPS) is 10.2. The molecule has 0 radical (unpaired) electrons. The van der Waals surface area contributed by atoms with Crippen molar-refractivity contribution in [3.63, 3.8) is 0 Å². The summed E-state index contributed by atoms with van der Waals surface area (Å²) in [5, 5.41) is 0.439. The highest BCUT2D eigenvalue weighted by molar-refractivity contribution is 6.31. The molecule has 108 valence electrons. The van der Waals surface area contributed by atoms with Crippen LogP contribution in [0.3, 0.4) is 0 Å². The van der Waals surface area contributed by atoms with Gasteiger partial charge in [-0.1, -0.05) is 41.9 Å². The first-order chi connectivity index (χ1) is 10.1. The van der Waals surface area contributed by atoms with Crippen LogP contribution < -0.4 is 4.74 Å². The van der Waals surface area contributed by atoms with Crippen molar-refractivity contribution >= 4 is 23.2 Å². The summed E-state index contributed by atoms with van der Waals surface area (Å²) in [6.07, 6.45) is -0.151. The van der Waals surface area contributed by atoms with Gasteiger partial charge in [0.15, 0.2) is 5.78 Å². The standard InChI is InChI=1S/C17H15ClO3/c1-12(19)9-16(20)15-10-14(18)7-8-17(15)21-11-13-5-3-2-4-6-13/h2-8,10H,9,11H2,1H3. The van der Waals surface area contributed by atoms with E-state index in [1.807, 2.05) is 30.3 Å². The van der Waals surface area contributed by atoms with E-state index < -0.39 is 0 Å². The number of ether oxygens (including phenoxy) is 1. The third-order valence-electron chi connectivity index (χ3n) is 2.89. The molecule has 0 aliphatic rings. The minimum absolute atomic E-state index is 0.151. The second-order valence-electron chi connectivity index (χ2n) is 4.72. The fourth-order valence-electron chi connectivity index (χ4n) is 1.90. The maximum atomic E-state index is 12.1. The van der Waals surface area contributed by atoms with Crippen LogP contribution in [-0.2, 0) is 11.4 Å². The van der Waals surface area contributed by atoms with E-state index in [0.717, 1.165) is 5.56 Å². The highest BCUT2D eigenvalue weighted by Crippen LogP contribution is 2.25. The zero-order valence-corrected chi connectivity index (χ0v) is 12.4. The molecule has 0 aliphatic heterocycles. The molecule has 0 saturated heterocycles. The third kappa shape index (κ3) is 4.43. The lowest BCUT2D eigenvalue weighted by Crippen LogP contribution is -2.08. The first-order valence-corrected chi connectivity index (χ1v) is 6.93. The number of ketones is 2. The van der Waals surface area contributed by atoms with E-state index in [2.05, 4.69) is 0 Å². The molecule has 21 heavy (non-hydrogen) atoms. The number of carbonyl (C=O) groups is 2. The second-order valence-corrected chi connectivity index (χ2v) is 5.15. The van der Waals surface area contributed by atoms with Crippen LogP contribution >= 0.6 is 11.6 Å². The summed E-state index contributed by atoms with van der Waals surface area (Å²) >= 11 is 5.92. The first kappa shape index (κ1) is 15.3. The van der Waals surface area contributed by atoms with Gasteiger partial charge in [0.05, 0.1) is 12.0 Å². The molecule has 0 spiro atoms. The molecule has 0 saturated carbocycles. The SMILES string of the molecule is CC(=O)CC(=O)c1cc(Cl)ccc1OCc1ccccc1. The van der Waals surface area contributed by atoms with Crippen molar-refractivity contribution in [1.29, 1.82) is 0 Å². The van der Waals surface area contributed by atoms with Crippen LogP contribution in [0.2, 0.25) is 5.02 Å². The van der Waals surface area contributed by atoms with Gasteiger partial charge in [-0.2, -0.15) is 0 Å². The average molecular weight is 303 g/mol. The largest absolute Gasteiger partial charge is 0.488 e. The number of Topliss-reactive ketones (excluding diaryl/α,β-unsaturated/α-hetero) is 2. The average Bonchev–Trinajstić information content (AvgIpc) is 2.46. The fourth-order valence-corrected chi connectivity index (χ4v) is 2.07. The lowest BCUT2D eigenvalue weighted by Gasteiger charge is -2.11. The van der Waals surface area contributed by atoms with Gasteiger partial charge in [0.25, 0.3) is 0 Å². The number of halogens is 1. The molecule has 0 atom stereocenters. The molecule has 4 heteroatoms. The van der Waals surface area contributed by atoms with E-state index in [0.29, 0.717) is 22.9 Å². The van der Waals surface area contributed by atoms with Crippen molar-refractivity contribution in [2.45, 2.75) is 20.0 Å². The topological polar surface area (TPSA) is 43.4 Å². The Kier molecular flexibility index (Phi) is 5.12. The number of carbonyl (C=O) groups excluding carboxylic acids is 2. The van der Waals surface area contributed by atoms with Crippen molar-refractivity contribution < 1.29 is 14.3 Å². The van der Waals surface area contributed by atoms with Crippen LogP contribution in [0.15, 0.2) is 48.5 Å². The summed E-state index contributed by atoms with van der Waals surface area (Å²) in [4.78, 5) is 23.2. The lowest BCUT2D eigenvalue weighted by molar-refractivity contribution is -0.116. The number of rotatable bonds is 6. The molecule has 0 bridgehead atoms. The molecule has 0 heterocycles. The first-order valence-electron chi connectivity index (χ1n) is 6.55. The van der Waals surface area contributed by atoms with Crippen molar-refractivity contribution in [3.8, 4) is 5.75 Å². The van der Waals surface area contributed by atoms with E-state index in [9.17, 15) is 9.59 Å². The maximum Gasteiger partial charge on any atom is 0.173 e. The Balaban J connectivity index is 2.18. The van der Waals surface area contributed by atoms with Gasteiger partial charge in [-0.25, -0.2) is 0 Å². The van der Waals surface area contributed by atoms with E-state index in [-0.39, 0.29) is 18.0 Å². The highest BCUT2D eigenvalue weighted by Gasteiger charge is 2.15. The number of hydrogen-bond donors (Lipinski definition) is 0. The van der Waals surface area contributed by atoms with Crippen LogP contribution in [0.5, 0.6) is 5.75 Å². The molecule has 0 amide bonds. The van der Waals surface area contributed by atoms with Crippen LogP contribution in [0.4, 0.5) is 0 Å². The molecule has 2 aromatic rings. The molecule has 0 N–H and O–H groups in total. The third-order valence-corrected chi connectivity index (χ3v) is 3.12. The molecule has 2 rings (SSSR count). The molecular weight excluding hydrogens is 288 g/mol. The van der Waals surface area contributed by atoms with Crippen molar-refractivity contribution in [2.24, 2.45) is 0 Å². The summed E-state index contributed by atoms with van der Waals surface area (Å²) in [5.41, 5.74) is 1.34. The maximum absolute atomic E-state index is 12.1. The van der Waals surface area contributed by atoms with Gasteiger partial charge in [-0.3, -0.25) is 9.59 Å². The van der Waals surface area contributed by atoms with Gasteiger partial charge in [-0.15, -0.1) is 0 Å². The van der Waals surface area contributed by atoms with Gasteiger partial charge in [0.2, 0.25) is 0 Å². The van der Waals surface area contributed by atoms with Gasteiger partial charge in [0.1, 0.15) is 18.1 Å². The Morgan fingerprint density at radius 2 is 1.81 bits per heavy atom. The second kappa shape index (κ2) is 7.04. The van der Waals surface area contributed by atoms with Crippen molar-refractivity contribution in [2.75, 3.05) is 0 Å². The molecule has 0 aromatic heterocycles. The molecule has 0 unspecified atom stereocenters. The molecule has 0 fully saturated rings. The van der Waals surface area contributed by atoms with Crippen LogP contribution in [-0.4, -0.2) is 11.6 Å².